The maximum atomic E-state index is 13.2. The minimum absolute atomic E-state index is 0.127. The number of rotatable bonds is 0. The maximum Gasteiger partial charge on any atom is 0.250 e. The average Bonchev–Trinajstić information content (AvgIpc) is 2.12. The number of halogens is 1. The molecule has 0 fully saturated rings. The number of fused-ring (bicyclic) bond motifs is 1. The van der Waals surface area contributed by atoms with Gasteiger partial charge in [-0.15, -0.1) is 0 Å². The zero-order valence-electron chi connectivity index (χ0n) is 7.12. The molecule has 0 radical (unpaired) electrons. The van der Waals surface area contributed by atoms with Gasteiger partial charge in [-0.2, -0.15) is 0 Å². The Morgan fingerprint density at radius 3 is 2.77 bits per heavy atom. The summed E-state index contributed by atoms with van der Waals surface area (Å²) in [5.41, 5.74) is 0.491. The van der Waals surface area contributed by atoms with Gasteiger partial charge in [0.05, 0.1) is 5.52 Å². The Bertz CT molecular complexity index is 516. The lowest BCUT2D eigenvalue weighted by Crippen LogP contribution is -2.15. The van der Waals surface area contributed by atoms with Crippen molar-refractivity contribution in [3.8, 4) is 0 Å². The molecule has 1 aromatic heterocycles. The van der Waals surface area contributed by atoms with Crippen LogP contribution in [0.5, 0.6) is 0 Å². The van der Waals surface area contributed by atoms with Crippen LogP contribution in [0.4, 0.5) is 4.39 Å². The van der Waals surface area contributed by atoms with Crippen LogP contribution in [0.15, 0.2) is 35.1 Å². The minimum atomic E-state index is -0.298. The first kappa shape index (κ1) is 7.98. The second kappa shape index (κ2) is 2.69. The molecule has 1 heterocycles. The van der Waals surface area contributed by atoms with Gasteiger partial charge in [0, 0.05) is 18.5 Å². The van der Waals surface area contributed by atoms with E-state index >= 15 is 0 Å². The zero-order valence-corrected chi connectivity index (χ0v) is 7.12. The molecular weight excluding hydrogens is 169 g/mol. The molecule has 0 aliphatic carbocycles. The smallest absolute Gasteiger partial charge is 0.250 e. The van der Waals surface area contributed by atoms with Gasteiger partial charge in [-0.3, -0.25) is 4.79 Å². The highest BCUT2D eigenvalue weighted by Crippen LogP contribution is 2.14. The summed E-state index contributed by atoms with van der Waals surface area (Å²) < 4.78 is 14.6. The molecule has 0 atom stereocenters. The fourth-order valence-corrected chi connectivity index (χ4v) is 1.37. The van der Waals surface area contributed by atoms with Crippen molar-refractivity contribution in [3.05, 3.63) is 46.5 Å². The highest BCUT2D eigenvalue weighted by molar-refractivity contribution is 5.79. The molecule has 0 saturated carbocycles. The molecule has 0 aliphatic heterocycles. The Kier molecular flexibility index (Phi) is 1.65. The summed E-state index contributed by atoms with van der Waals surface area (Å²) in [6.45, 7) is 0. The number of benzene rings is 1. The molecule has 1 aromatic carbocycles. The van der Waals surface area contributed by atoms with E-state index < -0.39 is 0 Å². The number of hydrogen-bond acceptors (Lipinski definition) is 1. The second-order valence-corrected chi connectivity index (χ2v) is 2.90. The van der Waals surface area contributed by atoms with Gasteiger partial charge in [0.2, 0.25) is 0 Å². The Morgan fingerprint density at radius 1 is 1.23 bits per heavy atom. The van der Waals surface area contributed by atoms with E-state index in [1.54, 1.807) is 19.2 Å². The number of aromatic nitrogens is 1. The summed E-state index contributed by atoms with van der Waals surface area (Å²) in [6.07, 6.45) is 0. The number of aryl methyl sites for hydroxylation is 1. The van der Waals surface area contributed by atoms with Crippen molar-refractivity contribution in [2.24, 2.45) is 7.05 Å². The molecule has 0 saturated heterocycles. The lowest BCUT2D eigenvalue weighted by atomic mass is 10.2. The molecule has 0 aliphatic rings. The van der Waals surface area contributed by atoms with Crippen molar-refractivity contribution >= 4 is 10.9 Å². The lowest BCUT2D eigenvalue weighted by Gasteiger charge is -2.03. The third-order valence-corrected chi connectivity index (χ3v) is 2.11. The van der Waals surface area contributed by atoms with Crippen molar-refractivity contribution in [3.63, 3.8) is 0 Å². The van der Waals surface area contributed by atoms with Gasteiger partial charge in [-0.1, -0.05) is 6.07 Å². The summed E-state index contributed by atoms with van der Waals surface area (Å²) in [5, 5.41) is 0.476. The third kappa shape index (κ3) is 1.13. The number of hydrogen-bond donors (Lipinski definition) is 0. The fourth-order valence-electron chi connectivity index (χ4n) is 1.37. The van der Waals surface area contributed by atoms with Crippen molar-refractivity contribution < 1.29 is 4.39 Å². The van der Waals surface area contributed by atoms with Gasteiger partial charge in [-0.05, 0) is 18.2 Å². The Hall–Kier alpha value is -1.64. The molecule has 0 unspecified atom stereocenters. The molecule has 0 amide bonds. The van der Waals surface area contributed by atoms with Crippen molar-refractivity contribution in [2.75, 3.05) is 0 Å². The number of pyridine rings is 1. The van der Waals surface area contributed by atoms with Gasteiger partial charge in [0.1, 0.15) is 5.82 Å². The highest BCUT2D eigenvalue weighted by atomic mass is 19.1. The summed E-state index contributed by atoms with van der Waals surface area (Å²) in [5.74, 6) is -0.298. The topological polar surface area (TPSA) is 22.0 Å². The predicted octanol–water partition coefficient (Wildman–Crippen LogP) is 1.68. The standard InChI is InChI=1S/C10H8FNO/c1-12-9-4-2-3-8(11)7(9)5-6-10(12)13/h2-6H,1H3. The van der Waals surface area contributed by atoms with Gasteiger partial charge in [0.25, 0.3) is 5.56 Å². The third-order valence-electron chi connectivity index (χ3n) is 2.11. The van der Waals surface area contributed by atoms with Gasteiger partial charge in [0.15, 0.2) is 0 Å². The summed E-state index contributed by atoms with van der Waals surface area (Å²) in [4.78, 5) is 11.2. The van der Waals surface area contributed by atoms with Crippen LogP contribution in [0.3, 0.4) is 0 Å². The van der Waals surface area contributed by atoms with Crippen LogP contribution in [0.2, 0.25) is 0 Å². The van der Waals surface area contributed by atoms with Gasteiger partial charge >= 0.3 is 0 Å². The van der Waals surface area contributed by atoms with E-state index in [2.05, 4.69) is 0 Å². The first-order valence-electron chi connectivity index (χ1n) is 3.94. The van der Waals surface area contributed by atoms with Crippen LogP contribution in [0, 0.1) is 5.82 Å². The van der Waals surface area contributed by atoms with Crippen molar-refractivity contribution in [2.45, 2.75) is 0 Å². The maximum absolute atomic E-state index is 13.2. The Labute approximate surface area is 74.2 Å². The van der Waals surface area contributed by atoms with E-state index in [-0.39, 0.29) is 11.4 Å². The molecule has 0 bridgehead atoms. The average molecular weight is 177 g/mol. The molecule has 2 nitrogen and oxygen atoms in total. The van der Waals surface area contributed by atoms with Crippen LogP contribution in [-0.2, 0) is 7.05 Å². The SMILES string of the molecule is Cn1c(=O)ccc2c(F)cccc21. The highest BCUT2D eigenvalue weighted by Gasteiger charge is 2.02. The van der Waals surface area contributed by atoms with Crippen molar-refractivity contribution in [1.82, 2.24) is 4.57 Å². The summed E-state index contributed by atoms with van der Waals surface area (Å²) in [7, 11) is 1.63. The minimum Gasteiger partial charge on any atom is -0.311 e. The Balaban J connectivity index is 3.03. The predicted molar refractivity (Wildman–Crippen MR) is 49.1 cm³/mol. The van der Waals surface area contributed by atoms with E-state index in [1.807, 2.05) is 0 Å². The second-order valence-electron chi connectivity index (χ2n) is 2.90. The van der Waals surface area contributed by atoms with Crippen LogP contribution in [0.1, 0.15) is 0 Å². The van der Waals surface area contributed by atoms with E-state index in [9.17, 15) is 9.18 Å². The molecule has 66 valence electrons. The first-order chi connectivity index (χ1) is 6.20. The van der Waals surface area contributed by atoms with Crippen LogP contribution in [-0.4, -0.2) is 4.57 Å². The zero-order chi connectivity index (χ0) is 9.42. The normalized spacial score (nSPS) is 10.6. The fraction of sp³-hybridized carbons (Fsp3) is 0.100. The lowest BCUT2D eigenvalue weighted by molar-refractivity contribution is 0.638. The number of nitrogens with zero attached hydrogens (tertiary/aromatic N) is 1. The monoisotopic (exact) mass is 177 g/mol. The summed E-state index contributed by atoms with van der Waals surface area (Å²) in [6, 6.07) is 7.57. The largest absolute Gasteiger partial charge is 0.311 e. The van der Waals surface area contributed by atoms with E-state index in [1.165, 1.54) is 22.8 Å². The van der Waals surface area contributed by atoms with E-state index in [0.29, 0.717) is 10.9 Å². The van der Waals surface area contributed by atoms with Crippen LogP contribution < -0.4 is 5.56 Å². The van der Waals surface area contributed by atoms with Crippen molar-refractivity contribution in [1.29, 1.82) is 0 Å². The van der Waals surface area contributed by atoms with E-state index in [0.717, 1.165) is 0 Å². The Morgan fingerprint density at radius 2 is 2.00 bits per heavy atom. The van der Waals surface area contributed by atoms with Crippen LogP contribution >= 0.6 is 0 Å². The molecule has 2 rings (SSSR count). The molecule has 0 spiro atoms. The molecule has 3 heteroatoms. The van der Waals surface area contributed by atoms with E-state index in [4.69, 9.17) is 0 Å². The van der Waals surface area contributed by atoms with Gasteiger partial charge in [-0.25, -0.2) is 4.39 Å². The van der Waals surface area contributed by atoms with Crippen LogP contribution in [0.25, 0.3) is 10.9 Å². The molecule has 13 heavy (non-hydrogen) atoms. The first-order valence-corrected chi connectivity index (χ1v) is 3.94. The quantitative estimate of drug-likeness (QED) is 0.600. The molecule has 0 N–H and O–H groups in total. The van der Waals surface area contributed by atoms with Gasteiger partial charge < -0.3 is 4.57 Å². The molecule has 2 aromatic rings. The summed E-state index contributed by atoms with van der Waals surface area (Å²) >= 11 is 0. The molecular formula is C10H8FNO.